The van der Waals surface area contributed by atoms with Crippen LogP contribution in [0.4, 0.5) is 5.00 Å². The monoisotopic (exact) mass is 442 g/mol. The van der Waals surface area contributed by atoms with Crippen LogP contribution < -0.4 is 16.1 Å². The van der Waals surface area contributed by atoms with Gasteiger partial charge in [-0.1, -0.05) is 23.7 Å². The number of benzene rings is 1. The minimum absolute atomic E-state index is 0.146. The number of hydrogen-bond donors (Lipinski definition) is 3. The second-order valence-electron chi connectivity index (χ2n) is 10.2. The van der Waals surface area contributed by atoms with Crippen molar-refractivity contribution in [3.63, 3.8) is 0 Å². The highest BCUT2D eigenvalue weighted by atomic mass is 32.1. The molecule has 1 aliphatic heterocycles. The summed E-state index contributed by atoms with van der Waals surface area (Å²) >= 11 is 1.41. The Balaban J connectivity index is 2.08. The molecule has 0 spiro atoms. The lowest BCUT2D eigenvalue weighted by Crippen LogP contribution is -2.55. The summed E-state index contributed by atoms with van der Waals surface area (Å²) in [5.74, 6) is -0.762. The van der Waals surface area contributed by atoms with E-state index in [1.165, 1.54) is 11.3 Å². The normalized spacial score (nSPS) is 16.9. The van der Waals surface area contributed by atoms with E-state index in [0.717, 1.165) is 10.4 Å². The molecule has 6 nitrogen and oxygen atoms in total. The molecule has 8 heteroatoms. The van der Waals surface area contributed by atoms with E-state index in [2.05, 4.69) is 38.3 Å². The first-order chi connectivity index (χ1) is 14.2. The quantitative estimate of drug-likeness (QED) is 0.501. The summed E-state index contributed by atoms with van der Waals surface area (Å²) in [4.78, 5) is 27.2. The van der Waals surface area contributed by atoms with Crippen molar-refractivity contribution in [1.82, 2.24) is 5.32 Å². The Morgan fingerprint density at radius 3 is 2.52 bits per heavy atom. The molecule has 166 valence electrons. The predicted molar refractivity (Wildman–Crippen MR) is 127 cm³/mol. The fraction of sp³-hybridized carbons (Fsp3) is 0.478. The molecule has 0 bridgehead atoms. The van der Waals surface area contributed by atoms with Crippen molar-refractivity contribution >= 4 is 41.2 Å². The lowest BCUT2D eigenvalue weighted by Gasteiger charge is -2.42. The summed E-state index contributed by atoms with van der Waals surface area (Å²) in [6.45, 7) is 13.9. The van der Waals surface area contributed by atoms with Gasteiger partial charge in [-0.15, -0.1) is 11.3 Å². The number of carbonyl (C=O) groups is 2. The third-order valence-corrected chi connectivity index (χ3v) is 6.52. The molecule has 2 heterocycles. The Morgan fingerprint density at radius 2 is 1.90 bits per heavy atom. The van der Waals surface area contributed by atoms with Gasteiger partial charge in [0.05, 0.1) is 5.56 Å². The van der Waals surface area contributed by atoms with Crippen LogP contribution in [0, 0.1) is 0 Å². The Labute approximate surface area is 188 Å². The molecule has 3 rings (SSSR count). The molecule has 1 aliphatic rings. The van der Waals surface area contributed by atoms with Gasteiger partial charge in [-0.25, -0.2) is 4.79 Å². The maximum Gasteiger partial charge on any atom is 0.341 e. The molecular formula is C23H31BN2O4S. The lowest BCUT2D eigenvalue weighted by molar-refractivity contribution is 0.00693. The summed E-state index contributed by atoms with van der Waals surface area (Å²) in [6, 6.07) is 6.81. The highest BCUT2D eigenvalue weighted by molar-refractivity contribution is 7.17. The smallest absolute Gasteiger partial charge is 0.341 e. The van der Waals surface area contributed by atoms with Crippen LogP contribution in [0.15, 0.2) is 24.3 Å². The van der Waals surface area contributed by atoms with E-state index in [1.54, 1.807) is 24.3 Å². The summed E-state index contributed by atoms with van der Waals surface area (Å²) in [7, 11) is -0.146. The van der Waals surface area contributed by atoms with Gasteiger partial charge in [-0.2, -0.15) is 0 Å². The van der Waals surface area contributed by atoms with Gasteiger partial charge in [0.25, 0.3) is 5.91 Å². The van der Waals surface area contributed by atoms with Crippen molar-refractivity contribution in [3.05, 3.63) is 45.8 Å². The van der Waals surface area contributed by atoms with E-state index in [1.807, 2.05) is 20.8 Å². The zero-order valence-corrected chi connectivity index (χ0v) is 20.1. The minimum atomic E-state index is -0.652. The molecule has 0 saturated carbocycles. The maximum absolute atomic E-state index is 13.2. The Kier molecular flexibility index (Phi) is 6.12. The van der Waals surface area contributed by atoms with Gasteiger partial charge >= 0.3 is 13.5 Å². The van der Waals surface area contributed by atoms with Gasteiger partial charge in [-0.05, 0) is 66.5 Å². The Hall–Kier alpha value is -2.16. The van der Waals surface area contributed by atoms with Gasteiger partial charge in [0.15, 0.2) is 0 Å². The molecule has 1 aromatic carbocycles. The SMILES string of the molecule is CC1(C)Cc2c(sc(NC(=O)c3cccc(BO)c3)c2C(=O)OC(C)(C)C)C(C)(C)N1. The average Bonchev–Trinajstić information content (AvgIpc) is 2.97. The molecule has 0 aliphatic carbocycles. The molecule has 0 radical (unpaired) electrons. The third-order valence-electron chi connectivity index (χ3n) is 5.05. The molecule has 3 N–H and O–H groups in total. The summed E-state index contributed by atoms with van der Waals surface area (Å²) in [5.41, 5.74) is 1.20. The van der Waals surface area contributed by atoms with Crippen molar-refractivity contribution < 1.29 is 19.3 Å². The maximum atomic E-state index is 13.2. The summed E-state index contributed by atoms with van der Waals surface area (Å²) < 4.78 is 5.71. The van der Waals surface area contributed by atoms with Crippen LogP contribution in [0.25, 0.3) is 0 Å². The first-order valence-corrected chi connectivity index (χ1v) is 11.2. The number of thiophene rings is 1. The van der Waals surface area contributed by atoms with Crippen molar-refractivity contribution in [2.45, 2.75) is 71.6 Å². The van der Waals surface area contributed by atoms with Gasteiger partial charge in [0.2, 0.25) is 0 Å². The first kappa shape index (κ1) is 23.5. The molecule has 0 atom stereocenters. The Bertz CT molecular complexity index is 1020. The average molecular weight is 442 g/mol. The highest BCUT2D eigenvalue weighted by Crippen LogP contribution is 2.45. The van der Waals surface area contributed by atoms with Crippen LogP contribution in [-0.4, -0.2) is 35.5 Å². The van der Waals surface area contributed by atoms with Crippen LogP contribution in [0.5, 0.6) is 0 Å². The molecule has 0 fully saturated rings. The number of ether oxygens (including phenoxy) is 1. The molecule has 0 saturated heterocycles. The van der Waals surface area contributed by atoms with E-state index >= 15 is 0 Å². The predicted octanol–water partition coefficient (Wildman–Crippen LogP) is 3.08. The van der Waals surface area contributed by atoms with Crippen molar-refractivity contribution in [3.8, 4) is 0 Å². The number of anilines is 1. The van der Waals surface area contributed by atoms with E-state index in [9.17, 15) is 14.6 Å². The molecule has 0 unspecified atom stereocenters. The van der Waals surface area contributed by atoms with Crippen LogP contribution in [0.2, 0.25) is 0 Å². The fourth-order valence-corrected chi connectivity index (χ4v) is 5.41. The number of rotatable bonds is 4. The van der Waals surface area contributed by atoms with Crippen molar-refractivity contribution in [1.29, 1.82) is 0 Å². The number of nitrogens with one attached hydrogen (secondary N) is 2. The van der Waals surface area contributed by atoms with Gasteiger partial charge in [-0.3, -0.25) is 4.79 Å². The molecule has 31 heavy (non-hydrogen) atoms. The van der Waals surface area contributed by atoms with E-state index in [4.69, 9.17) is 4.74 Å². The largest absolute Gasteiger partial charge is 0.456 e. The van der Waals surface area contributed by atoms with Crippen LogP contribution in [0.3, 0.4) is 0 Å². The zero-order chi connectivity index (χ0) is 23.2. The van der Waals surface area contributed by atoms with E-state index < -0.39 is 11.6 Å². The molecule has 1 amide bonds. The zero-order valence-electron chi connectivity index (χ0n) is 19.3. The van der Waals surface area contributed by atoms with Gasteiger partial charge in [0.1, 0.15) is 10.6 Å². The first-order valence-electron chi connectivity index (χ1n) is 10.4. The minimum Gasteiger partial charge on any atom is -0.456 e. The number of esters is 1. The highest BCUT2D eigenvalue weighted by Gasteiger charge is 2.42. The second-order valence-corrected chi connectivity index (χ2v) is 11.3. The number of carbonyl (C=O) groups excluding carboxylic acids is 2. The van der Waals surface area contributed by atoms with E-state index in [0.29, 0.717) is 28.0 Å². The molecule has 2 aromatic rings. The molecular weight excluding hydrogens is 411 g/mol. The fourth-order valence-electron chi connectivity index (χ4n) is 4.15. The number of amides is 1. The van der Waals surface area contributed by atoms with Crippen LogP contribution in [0.1, 0.15) is 79.6 Å². The molecule has 1 aromatic heterocycles. The number of fused-ring (bicyclic) bond motifs is 1. The summed E-state index contributed by atoms with van der Waals surface area (Å²) in [5, 5.41) is 16.4. The van der Waals surface area contributed by atoms with Gasteiger partial charge in [0, 0.05) is 21.5 Å². The van der Waals surface area contributed by atoms with Crippen molar-refractivity contribution in [2.24, 2.45) is 0 Å². The number of hydrogen-bond acceptors (Lipinski definition) is 6. The second kappa shape index (κ2) is 8.08. The Morgan fingerprint density at radius 1 is 1.23 bits per heavy atom. The lowest BCUT2D eigenvalue weighted by atomic mass is 9.81. The van der Waals surface area contributed by atoms with Crippen LogP contribution >= 0.6 is 11.3 Å². The van der Waals surface area contributed by atoms with Crippen molar-refractivity contribution in [2.75, 3.05) is 5.32 Å². The summed E-state index contributed by atoms with van der Waals surface area (Å²) in [6.07, 6.45) is 0.646. The standard InChI is InChI=1S/C23H31BN2O4S/c1-21(2,3)30-20(28)16-15-12-22(4,5)26-23(6,7)17(15)31-19(16)25-18(27)13-9-8-10-14(11-13)24-29/h8-11,24,26,29H,12H2,1-7H3,(H,25,27). The topological polar surface area (TPSA) is 87.7 Å². The van der Waals surface area contributed by atoms with Gasteiger partial charge < -0.3 is 20.4 Å². The van der Waals surface area contributed by atoms with E-state index in [-0.39, 0.29) is 24.5 Å². The third kappa shape index (κ3) is 5.19. The van der Waals surface area contributed by atoms with Crippen LogP contribution in [-0.2, 0) is 16.7 Å².